The second-order valence-electron chi connectivity index (χ2n) is 5.37. The summed E-state index contributed by atoms with van der Waals surface area (Å²) >= 11 is 0. The number of benzene rings is 1. The van der Waals surface area contributed by atoms with Gasteiger partial charge < -0.3 is 5.73 Å². The van der Waals surface area contributed by atoms with Crippen molar-refractivity contribution in [1.29, 1.82) is 5.26 Å². The SMILES string of the molecule is N#CCC(c1ccccc1)N(CC(N)=O)C1CCCC1. The second-order valence-corrected chi connectivity index (χ2v) is 5.37. The summed E-state index contributed by atoms with van der Waals surface area (Å²) in [4.78, 5) is 13.5. The molecule has 1 aliphatic carbocycles. The van der Waals surface area contributed by atoms with Crippen LogP contribution < -0.4 is 5.73 Å². The molecule has 20 heavy (non-hydrogen) atoms. The maximum absolute atomic E-state index is 11.4. The number of rotatable bonds is 6. The number of amides is 1. The number of hydrogen-bond acceptors (Lipinski definition) is 3. The number of hydrogen-bond donors (Lipinski definition) is 1. The van der Waals surface area contributed by atoms with Crippen molar-refractivity contribution >= 4 is 5.91 Å². The van der Waals surface area contributed by atoms with Crippen molar-refractivity contribution in [1.82, 2.24) is 4.90 Å². The van der Waals surface area contributed by atoms with Gasteiger partial charge in [0.05, 0.1) is 19.0 Å². The van der Waals surface area contributed by atoms with E-state index in [4.69, 9.17) is 11.0 Å². The van der Waals surface area contributed by atoms with E-state index in [0.717, 1.165) is 18.4 Å². The van der Waals surface area contributed by atoms with E-state index in [2.05, 4.69) is 11.0 Å². The van der Waals surface area contributed by atoms with Gasteiger partial charge in [0.1, 0.15) is 0 Å². The second kappa shape index (κ2) is 7.06. The molecule has 4 heteroatoms. The van der Waals surface area contributed by atoms with E-state index in [1.165, 1.54) is 12.8 Å². The van der Waals surface area contributed by atoms with Crippen LogP contribution in [-0.4, -0.2) is 23.4 Å². The van der Waals surface area contributed by atoms with E-state index in [-0.39, 0.29) is 18.5 Å². The molecule has 1 saturated carbocycles. The number of carbonyl (C=O) groups excluding carboxylic acids is 1. The standard InChI is InChI=1S/C16H21N3O/c17-11-10-15(13-6-2-1-3-7-13)19(12-16(18)20)14-8-4-5-9-14/h1-3,6-7,14-15H,4-5,8-10,12H2,(H2,18,20). The van der Waals surface area contributed by atoms with Gasteiger partial charge in [-0.2, -0.15) is 5.26 Å². The lowest BCUT2D eigenvalue weighted by molar-refractivity contribution is -0.120. The van der Waals surface area contributed by atoms with Crippen LogP contribution in [0.25, 0.3) is 0 Å². The maximum atomic E-state index is 11.4. The minimum atomic E-state index is -0.323. The van der Waals surface area contributed by atoms with Gasteiger partial charge >= 0.3 is 0 Å². The van der Waals surface area contributed by atoms with E-state index in [1.54, 1.807) is 0 Å². The largest absolute Gasteiger partial charge is 0.369 e. The summed E-state index contributed by atoms with van der Waals surface area (Å²) in [7, 11) is 0. The summed E-state index contributed by atoms with van der Waals surface area (Å²) < 4.78 is 0. The van der Waals surface area contributed by atoms with Gasteiger partial charge in [-0.25, -0.2) is 0 Å². The molecule has 4 nitrogen and oxygen atoms in total. The number of nitriles is 1. The van der Waals surface area contributed by atoms with Crippen molar-refractivity contribution in [3.63, 3.8) is 0 Å². The van der Waals surface area contributed by atoms with Crippen LogP contribution >= 0.6 is 0 Å². The monoisotopic (exact) mass is 271 g/mol. The first-order valence-corrected chi connectivity index (χ1v) is 7.18. The molecule has 0 aliphatic heterocycles. The molecule has 2 rings (SSSR count). The summed E-state index contributed by atoms with van der Waals surface area (Å²) in [6.45, 7) is 0.228. The molecule has 0 radical (unpaired) electrons. The Morgan fingerprint density at radius 3 is 2.55 bits per heavy atom. The molecule has 0 saturated heterocycles. The van der Waals surface area contributed by atoms with E-state index >= 15 is 0 Å². The maximum Gasteiger partial charge on any atom is 0.231 e. The first kappa shape index (κ1) is 14.5. The molecule has 1 unspecified atom stereocenters. The molecule has 106 valence electrons. The zero-order valence-corrected chi connectivity index (χ0v) is 11.7. The molecular formula is C16H21N3O. The van der Waals surface area contributed by atoms with E-state index in [0.29, 0.717) is 12.5 Å². The highest BCUT2D eigenvalue weighted by atomic mass is 16.1. The zero-order chi connectivity index (χ0) is 14.4. The van der Waals surface area contributed by atoms with Gasteiger partial charge in [0.25, 0.3) is 0 Å². The van der Waals surface area contributed by atoms with E-state index in [9.17, 15) is 4.79 Å². The molecule has 0 spiro atoms. The van der Waals surface area contributed by atoms with Crippen LogP contribution in [0, 0.1) is 11.3 Å². The van der Waals surface area contributed by atoms with Crippen LogP contribution in [0.2, 0.25) is 0 Å². The highest BCUT2D eigenvalue weighted by Crippen LogP contribution is 2.32. The van der Waals surface area contributed by atoms with Crippen LogP contribution in [0.15, 0.2) is 30.3 Å². The van der Waals surface area contributed by atoms with Crippen LogP contribution in [0.3, 0.4) is 0 Å². The lowest BCUT2D eigenvalue weighted by atomic mass is 10.00. The quantitative estimate of drug-likeness (QED) is 0.863. The topological polar surface area (TPSA) is 70.1 Å². The minimum absolute atomic E-state index is 0.0446. The van der Waals surface area contributed by atoms with Crippen LogP contribution in [0.1, 0.15) is 43.7 Å². The van der Waals surface area contributed by atoms with E-state index < -0.39 is 0 Å². The Balaban J connectivity index is 2.26. The average Bonchev–Trinajstić information content (AvgIpc) is 2.97. The molecule has 0 aromatic heterocycles. The molecule has 1 atom stereocenters. The Hall–Kier alpha value is -1.86. The lowest BCUT2D eigenvalue weighted by Crippen LogP contribution is -2.42. The van der Waals surface area contributed by atoms with Crippen LogP contribution in [0.5, 0.6) is 0 Å². The molecule has 1 aromatic carbocycles. The van der Waals surface area contributed by atoms with Crippen molar-refractivity contribution in [3.05, 3.63) is 35.9 Å². The highest BCUT2D eigenvalue weighted by Gasteiger charge is 2.30. The number of primary amides is 1. The Morgan fingerprint density at radius 2 is 2.00 bits per heavy atom. The van der Waals surface area contributed by atoms with Crippen molar-refractivity contribution in [2.75, 3.05) is 6.54 Å². The highest BCUT2D eigenvalue weighted by molar-refractivity contribution is 5.76. The Kier molecular flexibility index (Phi) is 5.14. The molecule has 1 aliphatic rings. The molecule has 0 bridgehead atoms. The number of carbonyl (C=O) groups is 1. The van der Waals surface area contributed by atoms with Crippen molar-refractivity contribution < 1.29 is 4.79 Å². The Bertz CT molecular complexity index is 474. The third-order valence-corrected chi connectivity index (χ3v) is 4.00. The predicted octanol–water partition coefficient (Wildman–Crippen LogP) is 2.37. The molecule has 1 amide bonds. The van der Waals surface area contributed by atoms with Crippen molar-refractivity contribution in [2.45, 2.75) is 44.2 Å². The third kappa shape index (κ3) is 3.58. The fourth-order valence-corrected chi connectivity index (χ4v) is 3.10. The first-order chi connectivity index (χ1) is 9.72. The number of nitrogens with two attached hydrogens (primary N) is 1. The van der Waals surface area contributed by atoms with Gasteiger partial charge in [0.2, 0.25) is 5.91 Å². The minimum Gasteiger partial charge on any atom is -0.369 e. The van der Waals surface area contributed by atoms with Gasteiger partial charge in [-0.1, -0.05) is 43.2 Å². The fourth-order valence-electron chi connectivity index (χ4n) is 3.10. The molecule has 0 heterocycles. The molecule has 1 aromatic rings. The Morgan fingerprint density at radius 1 is 1.35 bits per heavy atom. The number of nitrogens with zero attached hydrogens (tertiary/aromatic N) is 2. The fraction of sp³-hybridized carbons (Fsp3) is 0.500. The summed E-state index contributed by atoms with van der Waals surface area (Å²) in [5.41, 5.74) is 6.49. The summed E-state index contributed by atoms with van der Waals surface area (Å²) in [6, 6.07) is 12.5. The summed E-state index contributed by atoms with van der Waals surface area (Å²) in [6.07, 6.45) is 4.93. The first-order valence-electron chi connectivity index (χ1n) is 7.18. The van der Waals surface area contributed by atoms with Gasteiger partial charge in [-0.05, 0) is 18.4 Å². The van der Waals surface area contributed by atoms with Gasteiger partial charge in [0, 0.05) is 12.1 Å². The van der Waals surface area contributed by atoms with Crippen LogP contribution in [-0.2, 0) is 4.79 Å². The zero-order valence-electron chi connectivity index (χ0n) is 11.7. The molecule has 2 N–H and O–H groups in total. The summed E-state index contributed by atoms with van der Waals surface area (Å²) in [5, 5.41) is 9.13. The summed E-state index contributed by atoms with van der Waals surface area (Å²) in [5.74, 6) is -0.323. The predicted molar refractivity (Wildman–Crippen MR) is 77.6 cm³/mol. The van der Waals surface area contributed by atoms with Gasteiger partial charge in [-0.3, -0.25) is 9.69 Å². The smallest absolute Gasteiger partial charge is 0.231 e. The molecule has 1 fully saturated rings. The third-order valence-electron chi connectivity index (χ3n) is 4.00. The average molecular weight is 271 g/mol. The van der Waals surface area contributed by atoms with Gasteiger partial charge in [0.15, 0.2) is 0 Å². The van der Waals surface area contributed by atoms with Crippen LogP contribution in [0.4, 0.5) is 0 Å². The van der Waals surface area contributed by atoms with Crippen molar-refractivity contribution in [2.24, 2.45) is 5.73 Å². The molecular weight excluding hydrogens is 250 g/mol. The van der Waals surface area contributed by atoms with E-state index in [1.807, 2.05) is 30.3 Å². The lowest BCUT2D eigenvalue weighted by Gasteiger charge is -2.34. The van der Waals surface area contributed by atoms with Crippen molar-refractivity contribution in [3.8, 4) is 6.07 Å². The van der Waals surface area contributed by atoms with Gasteiger partial charge in [-0.15, -0.1) is 0 Å². The Labute approximate surface area is 120 Å². The normalized spacial score (nSPS) is 17.0.